The summed E-state index contributed by atoms with van der Waals surface area (Å²) in [7, 11) is 4.55. The summed E-state index contributed by atoms with van der Waals surface area (Å²) in [5.74, 6) is -0.559. The van der Waals surface area contributed by atoms with Crippen LogP contribution in [0, 0.1) is 0 Å². The molecule has 0 spiro atoms. The molecule has 122 valence electrons. The summed E-state index contributed by atoms with van der Waals surface area (Å²) >= 11 is 0. The Labute approximate surface area is 125 Å². The number of rotatable bonds is 4. The van der Waals surface area contributed by atoms with E-state index in [2.05, 4.69) is 10.1 Å². The standard InChI is InChI=1S/C13H16F3N3O3/c1-19(2)10-6-8(11(20)22-3)4-5-9(10)18-12(21)17-7-13(14,15)16/h4-6H,7H2,1-3H3,(H2,17,18,21). The molecule has 0 fully saturated rings. The van der Waals surface area contributed by atoms with Gasteiger partial charge in [-0.3, -0.25) is 0 Å². The number of amides is 2. The number of esters is 1. The Balaban J connectivity index is 2.90. The van der Waals surface area contributed by atoms with Gasteiger partial charge in [0.05, 0.1) is 24.0 Å². The third-order valence-electron chi connectivity index (χ3n) is 2.60. The molecule has 0 aliphatic carbocycles. The molecule has 1 aromatic carbocycles. The maximum absolute atomic E-state index is 12.0. The van der Waals surface area contributed by atoms with E-state index in [1.54, 1.807) is 24.3 Å². The number of nitrogens with zero attached hydrogens (tertiary/aromatic N) is 1. The predicted octanol–water partition coefficient (Wildman–Crippen LogP) is 2.22. The number of carbonyl (C=O) groups excluding carboxylic acids is 2. The van der Waals surface area contributed by atoms with Crippen LogP contribution in [0.15, 0.2) is 18.2 Å². The van der Waals surface area contributed by atoms with Crippen molar-refractivity contribution >= 4 is 23.4 Å². The number of methoxy groups -OCH3 is 1. The number of benzene rings is 1. The zero-order chi connectivity index (χ0) is 16.9. The van der Waals surface area contributed by atoms with Crippen LogP contribution in [0.4, 0.5) is 29.3 Å². The van der Waals surface area contributed by atoms with Crippen LogP contribution >= 0.6 is 0 Å². The van der Waals surface area contributed by atoms with Crippen molar-refractivity contribution < 1.29 is 27.5 Å². The minimum Gasteiger partial charge on any atom is -0.465 e. The van der Waals surface area contributed by atoms with E-state index in [0.717, 1.165) is 0 Å². The van der Waals surface area contributed by atoms with Crippen molar-refractivity contribution in [3.8, 4) is 0 Å². The molecule has 0 saturated carbocycles. The second-order valence-electron chi connectivity index (χ2n) is 4.54. The quantitative estimate of drug-likeness (QED) is 0.835. The summed E-state index contributed by atoms with van der Waals surface area (Å²) in [6.45, 7) is -1.43. The lowest BCUT2D eigenvalue weighted by Gasteiger charge is -2.19. The van der Waals surface area contributed by atoms with Gasteiger partial charge in [-0.2, -0.15) is 13.2 Å². The smallest absolute Gasteiger partial charge is 0.405 e. The van der Waals surface area contributed by atoms with E-state index in [1.165, 1.54) is 25.3 Å². The van der Waals surface area contributed by atoms with Crippen molar-refractivity contribution in [2.24, 2.45) is 0 Å². The summed E-state index contributed by atoms with van der Waals surface area (Å²) in [6, 6.07) is 3.28. The number of alkyl halides is 3. The van der Waals surface area contributed by atoms with Crippen molar-refractivity contribution in [1.82, 2.24) is 5.32 Å². The number of nitrogens with one attached hydrogen (secondary N) is 2. The van der Waals surface area contributed by atoms with Gasteiger partial charge in [-0.05, 0) is 18.2 Å². The maximum Gasteiger partial charge on any atom is 0.405 e. The van der Waals surface area contributed by atoms with Gasteiger partial charge in [0.15, 0.2) is 0 Å². The first-order valence-electron chi connectivity index (χ1n) is 6.15. The Kier molecular flexibility index (Phi) is 5.61. The molecule has 1 aromatic rings. The Hall–Kier alpha value is -2.45. The highest BCUT2D eigenvalue weighted by molar-refractivity contribution is 5.96. The number of hydrogen-bond acceptors (Lipinski definition) is 4. The molecule has 0 aliphatic rings. The molecule has 2 amide bonds. The molecule has 0 atom stereocenters. The van der Waals surface area contributed by atoms with E-state index in [9.17, 15) is 22.8 Å². The van der Waals surface area contributed by atoms with E-state index in [1.807, 2.05) is 0 Å². The van der Waals surface area contributed by atoms with E-state index >= 15 is 0 Å². The van der Waals surface area contributed by atoms with Crippen LogP contribution in [-0.2, 0) is 4.74 Å². The first-order valence-corrected chi connectivity index (χ1v) is 6.15. The normalized spacial score (nSPS) is 10.8. The lowest BCUT2D eigenvalue weighted by atomic mass is 10.1. The molecule has 1 rings (SSSR count). The van der Waals surface area contributed by atoms with Gasteiger partial charge in [-0.15, -0.1) is 0 Å². The summed E-state index contributed by atoms with van der Waals surface area (Å²) in [6.07, 6.45) is -4.49. The van der Waals surface area contributed by atoms with Crippen molar-refractivity contribution in [2.75, 3.05) is 38.0 Å². The highest BCUT2D eigenvalue weighted by Gasteiger charge is 2.27. The fraction of sp³-hybridized carbons (Fsp3) is 0.385. The molecular formula is C13H16F3N3O3. The molecule has 0 aliphatic heterocycles. The van der Waals surface area contributed by atoms with Gasteiger partial charge in [0.2, 0.25) is 0 Å². The number of urea groups is 1. The third kappa shape index (κ3) is 5.15. The number of ether oxygens (including phenoxy) is 1. The summed E-state index contributed by atoms with van der Waals surface area (Å²) in [5.41, 5.74) is 0.967. The Morgan fingerprint density at radius 1 is 1.27 bits per heavy atom. The fourth-order valence-corrected chi connectivity index (χ4v) is 1.60. The molecule has 9 heteroatoms. The molecular weight excluding hydrogens is 303 g/mol. The summed E-state index contributed by atoms with van der Waals surface area (Å²) < 4.78 is 40.7. The molecule has 0 radical (unpaired) electrons. The minimum absolute atomic E-state index is 0.257. The average Bonchev–Trinajstić information content (AvgIpc) is 2.43. The highest BCUT2D eigenvalue weighted by atomic mass is 19.4. The van der Waals surface area contributed by atoms with Gasteiger partial charge in [0.1, 0.15) is 6.54 Å². The highest BCUT2D eigenvalue weighted by Crippen LogP contribution is 2.26. The monoisotopic (exact) mass is 319 g/mol. The van der Waals surface area contributed by atoms with Crippen LogP contribution < -0.4 is 15.5 Å². The Morgan fingerprint density at radius 3 is 2.41 bits per heavy atom. The van der Waals surface area contributed by atoms with Gasteiger partial charge in [0.25, 0.3) is 0 Å². The van der Waals surface area contributed by atoms with Crippen LogP contribution in [0.3, 0.4) is 0 Å². The largest absolute Gasteiger partial charge is 0.465 e. The number of carbonyl (C=O) groups is 2. The van der Waals surface area contributed by atoms with E-state index < -0.39 is 24.7 Å². The first-order chi connectivity index (χ1) is 10.1. The number of anilines is 2. The molecule has 0 saturated heterocycles. The van der Waals surface area contributed by atoms with E-state index in [-0.39, 0.29) is 11.3 Å². The molecule has 0 heterocycles. The molecule has 0 unspecified atom stereocenters. The van der Waals surface area contributed by atoms with Crippen molar-refractivity contribution in [3.05, 3.63) is 23.8 Å². The van der Waals surface area contributed by atoms with Gasteiger partial charge < -0.3 is 20.3 Å². The maximum atomic E-state index is 12.0. The third-order valence-corrected chi connectivity index (χ3v) is 2.60. The van der Waals surface area contributed by atoms with Gasteiger partial charge in [-0.1, -0.05) is 0 Å². The van der Waals surface area contributed by atoms with Crippen molar-refractivity contribution in [3.63, 3.8) is 0 Å². The number of hydrogen-bond donors (Lipinski definition) is 2. The molecule has 0 bridgehead atoms. The molecule has 6 nitrogen and oxygen atoms in total. The van der Waals surface area contributed by atoms with Crippen LogP contribution in [0.5, 0.6) is 0 Å². The predicted molar refractivity (Wildman–Crippen MR) is 75.2 cm³/mol. The van der Waals surface area contributed by atoms with Gasteiger partial charge in [0, 0.05) is 14.1 Å². The second-order valence-corrected chi connectivity index (χ2v) is 4.54. The van der Waals surface area contributed by atoms with Crippen molar-refractivity contribution in [1.29, 1.82) is 0 Å². The Bertz CT molecular complexity index is 559. The lowest BCUT2D eigenvalue weighted by molar-refractivity contribution is -0.122. The summed E-state index contributed by atoms with van der Waals surface area (Å²) in [5, 5.41) is 4.01. The fourth-order valence-electron chi connectivity index (χ4n) is 1.60. The Morgan fingerprint density at radius 2 is 1.91 bits per heavy atom. The lowest BCUT2D eigenvalue weighted by Crippen LogP contribution is -2.36. The van der Waals surface area contributed by atoms with Gasteiger partial charge in [-0.25, -0.2) is 9.59 Å². The minimum atomic E-state index is -4.49. The van der Waals surface area contributed by atoms with E-state index in [0.29, 0.717) is 5.69 Å². The van der Waals surface area contributed by atoms with E-state index in [4.69, 9.17) is 0 Å². The molecule has 0 aromatic heterocycles. The zero-order valence-corrected chi connectivity index (χ0v) is 12.2. The zero-order valence-electron chi connectivity index (χ0n) is 12.2. The van der Waals surface area contributed by atoms with Crippen LogP contribution in [0.25, 0.3) is 0 Å². The SMILES string of the molecule is COC(=O)c1ccc(NC(=O)NCC(F)(F)F)c(N(C)C)c1. The van der Waals surface area contributed by atoms with Crippen LogP contribution in [0.1, 0.15) is 10.4 Å². The van der Waals surface area contributed by atoms with Crippen LogP contribution in [0.2, 0.25) is 0 Å². The average molecular weight is 319 g/mol. The first kappa shape index (κ1) is 17.6. The second kappa shape index (κ2) is 7.01. The van der Waals surface area contributed by atoms with Crippen molar-refractivity contribution in [2.45, 2.75) is 6.18 Å². The van der Waals surface area contributed by atoms with Gasteiger partial charge >= 0.3 is 18.2 Å². The topological polar surface area (TPSA) is 70.7 Å². The summed E-state index contributed by atoms with van der Waals surface area (Å²) in [4.78, 5) is 24.5. The van der Waals surface area contributed by atoms with Crippen LogP contribution in [-0.4, -0.2) is 45.9 Å². The number of halogens is 3. The molecule has 2 N–H and O–H groups in total. The molecule has 22 heavy (non-hydrogen) atoms.